The lowest BCUT2D eigenvalue weighted by molar-refractivity contribution is -0.141. The first-order valence-corrected chi connectivity index (χ1v) is 12.4. The van der Waals surface area contributed by atoms with Gasteiger partial charge in [0, 0.05) is 55.8 Å². The number of anilines is 2. The molecule has 2 saturated heterocycles. The molecule has 8 heteroatoms. The van der Waals surface area contributed by atoms with Crippen LogP contribution in [0.3, 0.4) is 0 Å². The zero-order valence-electron chi connectivity index (χ0n) is 18.5. The molecule has 3 amide bonds. The zero-order valence-corrected chi connectivity index (χ0v) is 19.3. The minimum atomic E-state index is -0.766. The van der Waals surface area contributed by atoms with Crippen molar-refractivity contribution >= 4 is 40.9 Å². The van der Waals surface area contributed by atoms with Gasteiger partial charge in [-0.05, 0) is 37.1 Å². The molecule has 0 radical (unpaired) electrons. The van der Waals surface area contributed by atoms with Gasteiger partial charge >= 0.3 is 0 Å². The SMILES string of the molecule is O=C1Nc2ccccc2SC1C(=O)N1CCC(C(=O)N2CCN(c3ccccc3)CC2)CC1. The molecule has 0 aromatic heterocycles. The number of piperidine rings is 1. The van der Waals surface area contributed by atoms with Gasteiger partial charge in [-0.1, -0.05) is 30.3 Å². The number of fused-ring (bicyclic) bond motifs is 1. The van der Waals surface area contributed by atoms with E-state index in [2.05, 4.69) is 22.3 Å². The summed E-state index contributed by atoms with van der Waals surface area (Å²) in [4.78, 5) is 45.6. The molecule has 1 atom stereocenters. The fourth-order valence-electron chi connectivity index (χ4n) is 4.81. The fraction of sp³-hybridized carbons (Fsp3) is 0.400. The number of para-hydroxylation sites is 2. The average Bonchev–Trinajstić information content (AvgIpc) is 2.88. The van der Waals surface area contributed by atoms with Gasteiger partial charge in [0.15, 0.2) is 5.25 Å². The van der Waals surface area contributed by atoms with Crippen LogP contribution in [0, 0.1) is 5.92 Å². The van der Waals surface area contributed by atoms with E-state index in [-0.39, 0.29) is 23.6 Å². The summed E-state index contributed by atoms with van der Waals surface area (Å²) in [6.45, 7) is 4.16. The minimum absolute atomic E-state index is 0.0501. The molecule has 5 rings (SSSR count). The Labute approximate surface area is 198 Å². The molecule has 0 aliphatic carbocycles. The Morgan fingerprint density at radius 3 is 2.15 bits per heavy atom. The van der Waals surface area contributed by atoms with Crippen LogP contribution in [0.4, 0.5) is 11.4 Å². The molecule has 3 aliphatic heterocycles. The number of hydrogen-bond acceptors (Lipinski definition) is 5. The Morgan fingerprint density at radius 1 is 0.788 bits per heavy atom. The van der Waals surface area contributed by atoms with Crippen LogP contribution >= 0.6 is 11.8 Å². The molecule has 7 nitrogen and oxygen atoms in total. The van der Waals surface area contributed by atoms with Crippen LogP contribution in [0.25, 0.3) is 0 Å². The summed E-state index contributed by atoms with van der Waals surface area (Å²) in [5.41, 5.74) is 1.96. The quantitative estimate of drug-likeness (QED) is 0.707. The summed E-state index contributed by atoms with van der Waals surface area (Å²) in [6.07, 6.45) is 1.30. The summed E-state index contributed by atoms with van der Waals surface area (Å²) in [7, 11) is 0. The van der Waals surface area contributed by atoms with Gasteiger partial charge in [-0.3, -0.25) is 14.4 Å². The van der Waals surface area contributed by atoms with Gasteiger partial charge < -0.3 is 20.0 Å². The van der Waals surface area contributed by atoms with Crippen molar-refractivity contribution in [2.45, 2.75) is 23.0 Å². The number of carbonyl (C=O) groups is 3. The maximum Gasteiger partial charge on any atom is 0.247 e. The van der Waals surface area contributed by atoms with Gasteiger partial charge in [0.1, 0.15) is 0 Å². The third-order valence-electron chi connectivity index (χ3n) is 6.72. The molecule has 2 aromatic rings. The highest BCUT2D eigenvalue weighted by molar-refractivity contribution is 8.01. The fourth-order valence-corrected chi connectivity index (χ4v) is 5.88. The van der Waals surface area contributed by atoms with Crippen molar-refractivity contribution < 1.29 is 14.4 Å². The largest absolute Gasteiger partial charge is 0.368 e. The molecule has 33 heavy (non-hydrogen) atoms. The normalized spacial score (nSPS) is 21.4. The highest BCUT2D eigenvalue weighted by Crippen LogP contribution is 2.36. The van der Waals surface area contributed by atoms with Crippen LogP contribution in [-0.4, -0.2) is 72.0 Å². The van der Waals surface area contributed by atoms with Crippen molar-refractivity contribution in [2.24, 2.45) is 5.92 Å². The predicted molar refractivity (Wildman–Crippen MR) is 129 cm³/mol. The Bertz CT molecular complexity index is 1030. The number of nitrogens with zero attached hydrogens (tertiary/aromatic N) is 3. The van der Waals surface area contributed by atoms with Crippen LogP contribution in [0.1, 0.15) is 12.8 Å². The summed E-state index contributed by atoms with van der Waals surface area (Å²) in [5.74, 6) is -0.271. The Hall–Kier alpha value is -3.00. The Kier molecular flexibility index (Phi) is 6.26. The second-order valence-corrected chi connectivity index (χ2v) is 9.88. The smallest absolute Gasteiger partial charge is 0.247 e. The lowest BCUT2D eigenvalue weighted by atomic mass is 9.94. The van der Waals surface area contributed by atoms with Gasteiger partial charge in [0.05, 0.1) is 5.69 Å². The van der Waals surface area contributed by atoms with Crippen molar-refractivity contribution in [3.63, 3.8) is 0 Å². The van der Waals surface area contributed by atoms with Gasteiger partial charge in [-0.15, -0.1) is 11.8 Å². The molecule has 1 N–H and O–H groups in total. The highest BCUT2D eigenvalue weighted by Gasteiger charge is 2.38. The van der Waals surface area contributed by atoms with Crippen molar-refractivity contribution in [3.05, 3.63) is 54.6 Å². The van der Waals surface area contributed by atoms with Gasteiger partial charge in [0.25, 0.3) is 0 Å². The van der Waals surface area contributed by atoms with E-state index >= 15 is 0 Å². The number of amides is 3. The molecule has 0 bridgehead atoms. The van der Waals surface area contributed by atoms with E-state index in [1.807, 2.05) is 47.4 Å². The van der Waals surface area contributed by atoms with E-state index in [1.54, 1.807) is 4.90 Å². The number of benzene rings is 2. The summed E-state index contributed by atoms with van der Waals surface area (Å²) in [5, 5.41) is 2.08. The number of nitrogens with one attached hydrogen (secondary N) is 1. The van der Waals surface area contributed by atoms with E-state index in [0.717, 1.165) is 36.8 Å². The minimum Gasteiger partial charge on any atom is -0.368 e. The number of piperazine rings is 1. The molecule has 3 aliphatic rings. The molecule has 1 unspecified atom stereocenters. The lowest BCUT2D eigenvalue weighted by Crippen LogP contribution is -2.53. The van der Waals surface area contributed by atoms with Crippen molar-refractivity contribution in [1.82, 2.24) is 9.80 Å². The number of carbonyl (C=O) groups excluding carboxylic acids is 3. The number of likely N-dealkylation sites (tertiary alicyclic amines) is 1. The molecular formula is C25H28N4O3S. The first kappa shape index (κ1) is 21.8. The molecular weight excluding hydrogens is 436 g/mol. The highest BCUT2D eigenvalue weighted by atomic mass is 32.2. The molecule has 0 spiro atoms. The van der Waals surface area contributed by atoms with Crippen LogP contribution < -0.4 is 10.2 Å². The molecule has 0 saturated carbocycles. The third-order valence-corrected chi connectivity index (χ3v) is 7.98. The first-order valence-electron chi connectivity index (χ1n) is 11.5. The summed E-state index contributed by atoms with van der Waals surface area (Å²) < 4.78 is 0. The average molecular weight is 465 g/mol. The number of rotatable bonds is 3. The van der Waals surface area contributed by atoms with Gasteiger partial charge in [-0.25, -0.2) is 0 Å². The first-order chi connectivity index (χ1) is 16.1. The summed E-state index contributed by atoms with van der Waals surface area (Å²) >= 11 is 1.31. The van der Waals surface area contributed by atoms with E-state index in [0.29, 0.717) is 25.9 Å². The maximum atomic E-state index is 13.1. The van der Waals surface area contributed by atoms with E-state index in [9.17, 15) is 14.4 Å². The lowest BCUT2D eigenvalue weighted by Gasteiger charge is -2.39. The molecule has 172 valence electrons. The standard InChI is InChI=1S/C25H28N4O3S/c30-23-22(33-21-9-5-4-8-20(21)26-23)25(32)28-12-10-18(11-13-28)24(31)29-16-14-27(15-17-29)19-6-2-1-3-7-19/h1-9,18,22H,10-17H2,(H,26,30). The maximum absolute atomic E-state index is 13.1. The zero-order chi connectivity index (χ0) is 22.8. The second-order valence-electron chi connectivity index (χ2n) is 8.73. The van der Waals surface area contributed by atoms with Gasteiger partial charge in [-0.2, -0.15) is 0 Å². The van der Waals surface area contributed by atoms with Gasteiger partial charge in [0.2, 0.25) is 17.7 Å². The van der Waals surface area contributed by atoms with Crippen molar-refractivity contribution in [1.29, 1.82) is 0 Å². The van der Waals surface area contributed by atoms with E-state index in [1.165, 1.54) is 17.4 Å². The van der Waals surface area contributed by atoms with Crippen LogP contribution in [0.15, 0.2) is 59.5 Å². The van der Waals surface area contributed by atoms with E-state index < -0.39 is 5.25 Å². The topological polar surface area (TPSA) is 73.0 Å². The number of hydrogen-bond donors (Lipinski definition) is 1. The molecule has 2 aromatic carbocycles. The van der Waals surface area contributed by atoms with Crippen LogP contribution in [0.5, 0.6) is 0 Å². The molecule has 2 fully saturated rings. The van der Waals surface area contributed by atoms with Crippen LogP contribution in [-0.2, 0) is 14.4 Å². The Morgan fingerprint density at radius 2 is 1.42 bits per heavy atom. The third kappa shape index (κ3) is 4.57. The van der Waals surface area contributed by atoms with Crippen molar-refractivity contribution in [2.75, 3.05) is 49.5 Å². The predicted octanol–water partition coefficient (Wildman–Crippen LogP) is 2.69. The van der Waals surface area contributed by atoms with Crippen LogP contribution in [0.2, 0.25) is 0 Å². The number of thioether (sulfide) groups is 1. The van der Waals surface area contributed by atoms with E-state index in [4.69, 9.17) is 0 Å². The summed E-state index contributed by atoms with van der Waals surface area (Å²) in [6, 6.07) is 17.8. The Balaban J connectivity index is 1.13. The second kappa shape index (κ2) is 9.47. The van der Waals surface area contributed by atoms with Crippen molar-refractivity contribution in [3.8, 4) is 0 Å². The monoisotopic (exact) mass is 464 g/mol. The molecule has 3 heterocycles.